The van der Waals surface area contributed by atoms with Crippen LogP contribution in [0, 0.1) is 5.92 Å². The topological polar surface area (TPSA) is 101 Å². The van der Waals surface area contributed by atoms with Crippen LogP contribution in [0.25, 0.3) is 0 Å². The molecule has 2 saturated heterocycles. The molecule has 0 unspecified atom stereocenters. The molecule has 3 rings (SSSR count). The predicted octanol–water partition coefficient (Wildman–Crippen LogP) is 0.699. The van der Waals surface area contributed by atoms with E-state index >= 15 is 0 Å². The average Bonchev–Trinajstić information content (AvgIpc) is 3.01. The largest absolute Gasteiger partial charge is 0.369 e. The molecule has 2 heterocycles. The second-order valence-corrected chi connectivity index (χ2v) is 8.19. The minimum absolute atomic E-state index is 0.0611. The molecule has 0 bridgehead atoms. The Labute approximate surface area is 141 Å². The van der Waals surface area contributed by atoms with E-state index in [2.05, 4.69) is 0 Å². The van der Waals surface area contributed by atoms with Crippen LogP contribution in [0.3, 0.4) is 0 Å². The third-order valence-corrected chi connectivity index (χ3v) is 6.53. The first-order valence-electron chi connectivity index (χ1n) is 8.09. The average molecular weight is 351 g/mol. The Balaban J connectivity index is 1.79. The fourth-order valence-electron chi connectivity index (χ4n) is 3.26. The summed E-state index contributed by atoms with van der Waals surface area (Å²) in [5.74, 6) is -0.834. The second-order valence-electron chi connectivity index (χ2n) is 6.25. The van der Waals surface area contributed by atoms with E-state index in [9.17, 15) is 18.0 Å². The van der Waals surface area contributed by atoms with Crippen LogP contribution in [0.2, 0.25) is 0 Å². The van der Waals surface area contributed by atoms with Crippen LogP contribution in [0.5, 0.6) is 0 Å². The van der Waals surface area contributed by atoms with Gasteiger partial charge in [-0.2, -0.15) is 4.31 Å². The van der Waals surface area contributed by atoms with E-state index in [0.717, 1.165) is 6.42 Å². The molecule has 2 aliphatic rings. The van der Waals surface area contributed by atoms with Gasteiger partial charge in [-0.25, -0.2) is 8.42 Å². The van der Waals surface area contributed by atoms with Gasteiger partial charge in [0.15, 0.2) is 0 Å². The molecular formula is C16H21N3O4S. The number of piperidine rings is 1. The Morgan fingerprint density at radius 3 is 2.42 bits per heavy atom. The normalized spacial score (nSPS) is 22.8. The maximum atomic E-state index is 12.7. The smallest absolute Gasteiger partial charge is 0.243 e. The molecular weight excluding hydrogens is 330 g/mol. The predicted molar refractivity (Wildman–Crippen MR) is 88.7 cm³/mol. The van der Waals surface area contributed by atoms with Crippen LogP contribution in [0.1, 0.15) is 25.7 Å². The number of carbonyl (C=O) groups excluding carboxylic acids is 2. The number of anilines is 1. The maximum Gasteiger partial charge on any atom is 0.243 e. The lowest BCUT2D eigenvalue weighted by Gasteiger charge is -2.30. The van der Waals surface area contributed by atoms with E-state index in [1.165, 1.54) is 16.4 Å². The quantitative estimate of drug-likeness (QED) is 0.863. The first kappa shape index (κ1) is 16.9. The van der Waals surface area contributed by atoms with Gasteiger partial charge >= 0.3 is 0 Å². The molecule has 2 amide bonds. The van der Waals surface area contributed by atoms with Crippen LogP contribution in [-0.2, 0) is 19.6 Å². The number of amides is 2. The molecule has 1 aromatic rings. The van der Waals surface area contributed by atoms with Crippen molar-refractivity contribution in [3.63, 3.8) is 0 Å². The van der Waals surface area contributed by atoms with Crippen molar-refractivity contribution in [1.82, 2.24) is 4.31 Å². The minimum atomic E-state index is -3.66. The fraction of sp³-hybridized carbons (Fsp3) is 0.500. The number of primary amides is 1. The molecule has 7 nitrogen and oxygen atoms in total. The lowest BCUT2D eigenvalue weighted by atomic mass is 9.99. The van der Waals surface area contributed by atoms with Crippen molar-refractivity contribution in [3.8, 4) is 0 Å². The summed E-state index contributed by atoms with van der Waals surface area (Å²) in [4.78, 5) is 24.9. The molecule has 2 N–H and O–H groups in total. The van der Waals surface area contributed by atoms with E-state index in [4.69, 9.17) is 5.73 Å². The van der Waals surface area contributed by atoms with Crippen molar-refractivity contribution in [2.75, 3.05) is 24.5 Å². The molecule has 1 atom stereocenters. The molecule has 24 heavy (non-hydrogen) atoms. The van der Waals surface area contributed by atoms with Gasteiger partial charge in [0, 0.05) is 31.7 Å². The van der Waals surface area contributed by atoms with Crippen LogP contribution in [-0.4, -0.2) is 44.2 Å². The molecule has 0 aliphatic carbocycles. The number of nitrogens with zero attached hydrogens (tertiary/aromatic N) is 2. The maximum absolute atomic E-state index is 12.7. The Morgan fingerprint density at radius 2 is 1.83 bits per heavy atom. The summed E-state index contributed by atoms with van der Waals surface area (Å²) in [7, 11) is -3.66. The van der Waals surface area contributed by atoms with E-state index in [1.54, 1.807) is 17.0 Å². The Hall–Kier alpha value is -1.93. The van der Waals surface area contributed by atoms with Crippen LogP contribution < -0.4 is 10.6 Å². The fourth-order valence-corrected chi connectivity index (χ4v) is 4.79. The van der Waals surface area contributed by atoms with E-state index in [-0.39, 0.29) is 17.3 Å². The summed E-state index contributed by atoms with van der Waals surface area (Å²) in [6.45, 7) is 1.18. The molecule has 0 saturated carbocycles. The van der Waals surface area contributed by atoms with E-state index in [0.29, 0.717) is 38.0 Å². The monoisotopic (exact) mass is 351 g/mol. The van der Waals surface area contributed by atoms with Gasteiger partial charge in [0.2, 0.25) is 21.8 Å². The molecule has 0 radical (unpaired) electrons. The Kier molecular flexibility index (Phi) is 4.60. The highest BCUT2D eigenvalue weighted by Gasteiger charge is 2.32. The summed E-state index contributed by atoms with van der Waals surface area (Å²) >= 11 is 0. The van der Waals surface area contributed by atoms with Crippen LogP contribution in [0.15, 0.2) is 29.2 Å². The number of rotatable bonds is 4. The van der Waals surface area contributed by atoms with Crippen molar-refractivity contribution in [2.24, 2.45) is 11.7 Å². The minimum Gasteiger partial charge on any atom is -0.369 e. The molecule has 0 spiro atoms. The molecule has 2 fully saturated rings. The van der Waals surface area contributed by atoms with Gasteiger partial charge < -0.3 is 10.6 Å². The number of sulfonamides is 1. The zero-order valence-electron chi connectivity index (χ0n) is 13.3. The van der Waals surface area contributed by atoms with E-state index < -0.39 is 21.8 Å². The molecule has 1 aromatic carbocycles. The summed E-state index contributed by atoms with van der Waals surface area (Å²) in [5.41, 5.74) is 6.03. The van der Waals surface area contributed by atoms with Crippen molar-refractivity contribution in [1.29, 1.82) is 0 Å². The zero-order chi connectivity index (χ0) is 17.3. The molecule has 8 heteroatoms. The first-order valence-corrected chi connectivity index (χ1v) is 9.53. The van der Waals surface area contributed by atoms with Gasteiger partial charge in [-0.15, -0.1) is 0 Å². The number of benzene rings is 1. The third kappa shape index (κ3) is 3.16. The highest BCUT2D eigenvalue weighted by molar-refractivity contribution is 7.89. The number of hydrogen-bond acceptors (Lipinski definition) is 4. The lowest BCUT2D eigenvalue weighted by molar-refractivity contribution is -0.122. The SMILES string of the molecule is NC(=O)[C@@H]1CCCN(S(=O)(=O)c2ccc(N3CCCC3=O)cc2)C1. The Morgan fingerprint density at radius 1 is 1.12 bits per heavy atom. The van der Waals surface area contributed by atoms with Crippen molar-refractivity contribution >= 4 is 27.5 Å². The van der Waals surface area contributed by atoms with Gasteiger partial charge in [-0.1, -0.05) is 0 Å². The van der Waals surface area contributed by atoms with Crippen molar-refractivity contribution in [2.45, 2.75) is 30.6 Å². The molecule has 0 aromatic heterocycles. The zero-order valence-corrected chi connectivity index (χ0v) is 14.2. The van der Waals surface area contributed by atoms with Gasteiger partial charge in [0.05, 0.1) is 10.8 Å². The standard InChI is InChI=1S/C16H21N3O4S/c17-16(21)12-3-1-9-18(11-12)24(22,23)14-7-5-13(6-8-14)19-10-2-4-15(19)20/h5-8,12H,1-4,9-11H2,(H2,17,21)/t12-/m1/s1. The number of nitrogens with two attached hydrogens (primary N) is 1. The van der Waals surface area contributed by atoms with Gasteiger partial charge in [-0.3, -0.25) is 9.59 Å². The number of carbonyl (C=O) groups is 2. The van der Waals surface area contributed by atoms with Gasteiger partial charge in [0.1, 0.15) is 0 Å². The molecule has 130 valence electrons. The van der Waals surface area contributed by atoms with E-state index in [1.807, 2.05) is 0 Å². The second kappa shape index (κ2) is 6.52. The van der Waals surface area contributed by atoms with Gasteiger partial charge in [0.25, 0.3) is 0 Å². The van der Waals surface area contributed by atoms with Crippen LogP contribution >= 0.6 is 0 Å². The Bertz CT molecular complexity index is 745. The number of hydrogen-bond donors (Lipinski definition) is 1. The molecule has 2 aliphatic heterocycles. The van der Waals surface area contributed by atoms with Gasteiger partial charge in [-0.05, 0) is 43.5 Å². The summed E-state index contributed by atoms with van der Waals surface area (Å²) in [5, 5.41) is 0. The summed E-state index contributed by atoms with van der Waals surface area (Å²) in [6, 6.07) is 6.35. The highest BCUT2D eigenvalue weighted by atomic mass is 32.2. The van der Waals surface area contributed by atoms with Crippen molar-refractivity contribution < 1.29 is 18.0 Å². The third-order valence-electron chi connectivity index (χ3n) is 4.65. The lowest BCUT2D eigenvalue weighted by Crippen LogP contribution is -2.44. The van der Waals surface area contributed by atoms with Crippen LogP contribution in [0.4, 0.5) is 5.69 Å². The summed E-state index contributed by atoms with van der Waals surface area (Å²) in [6.07, 6.45) is 2.59. The van der Waals surface area contributed by atoms with Crippen molar-refractivity contribution in [3.05, 3.63) is 24.3 Å². The highest BCUT2D eigenvalue weighted by Crippen LogP contribution is 2.27. The summed E-state index contributed by atoms with van der Waals surface area (Å²) < 4.78 is 26.8. The first-order chi connectivity index (χ1) is 11.4.